The number of fused-ring (bicyclic) bond motifs is 1. The Kier molecular flexibility index (Phi) is 6.79. The van der Waals surface area contributed by atoms with Crippen LogP contribution in [0.5, 0.6) is 5.75 Å². The van der Waals surface area contributed by atoms with Gasteiger partial charge in [0.25, 0.3) is 5.56 Å². The van der Waals surface area contributed by atoms with Crippen molar-refractivity contribution in [3.63, 3.8) is 0 Å². The molecule has 2 aliphatic heterocycles. The lowest BCUT2D eigenvalue weighted by Crippen LogP contribution is -2.44. The largest absolute Gasteiger partial charge is 0.494 e. The second kappa shape index (κ2) is 10.1. The van der Waals surface area contributed by atoms with Crippen LogP contribution >= 0.6 is 0 Å². The molecule has 2 aromatic heterocycles. The quantitative estimate of drug-likeness (QED) is 0.472. The Morgan fingerprint density at radius 3 is 2.57 bits per heavy atom. The molecule has 2 aliphatic rings. The minimum atomic E-state index is -0.710. The number of rotatable bonds is 8. The molecule has 0 bridgehead atoms. The van der Waals surface area contributed by atoms with Gasteiger partial charge in [0.2, 0.25) is 0 Å². The van der Waals surface area contributed by atoms with Crippen LogP contribution < -0.4 is 10.3 Å². The van der Waals surface area contributed by atoms with Crippen molar-refractivity contribution in [3.8, 4) is 5.75 Å². The van der Waals surface area contributed by atoms with Gasteiger partial charge in [-0.1, -0.05) is 12.1 Å². The standard InChI is InChI=1S/C28H33N5O2/c1-3-33-25-20-26(29-21-22(25)6-11-27(33)34)28(12-4-13-30-28)23-7-9-24(10-8-23)35-19-5-14-32-17-15-31(2)16-18-32/h4,6-13,20-21H,3,5,14-19H2,1-2H3. The summed E-state index contributed by atoms with van der Waals surface area (Å²) in [4.78, 5) is 26.8. The molecule has 7 heteroatoms. The van der Waals surface area contributed by atoms with Gasteiger partial charge < -0.3 is 19.1 Å². The molecule has 5 rings (SSSR count). The van der Waals surface area contributed by atoms with Gasteiger partial charge in [-0.15, -0.1) is 0 Å². The number of nitrogens with zero attached hydrogens (tertiary/aromatic N) is 5. The highest BCUT2D eigenvalue weighted by atomic mass is 16.5. The van der Waals surface area contributed by atoms with Crippen molar-refractivity contribution in [1.82, 2.24) is 19.4 Å². The van der Waals surface area contributed by atoms with E-state index in [0.29, 0.717) is 13.2 Å². The lowest BCUT2D eigenvalue weighted by Gasteiger charge is -2.32. The highest BCUT2D eigenvalue weighted by Crippen LogP contribution is 2.38. The van der Waals surface area contributed by atoms with Crippen molar-refractivity contribution in [2.45, 2.75) is 25.4 Å². The maximum Gasteiger partial charge on any atom is 0.251 e. The lowest BCUT2D eigenvalue weighted by molar-refractivity contribution is 0.145. The molecule has 0 spiro atoms. The fourth-order valence-electron chi connectivity index (χ4n) is 4.93. The second-order valence-corrected chi connectivity index (χ2v) is 9.32. The Bertz CT molecular complexity index is 1270. The van der Waals surface area contributed by atoms with Crippen LogP contribution in [0.4, 0.5) is 0 Å². The monoisotopic (exact) mass is 471 g/mol. The van der Waals surface area contributed by atoms with Gasteiger partial charge in [-0.05, 0) is 62.4 Å². The molecule has 3 aromatic rings. The third-order valence-corrected chi connectivity index (χ3v) is 7.06. The van der Waals surface area contributed by atoms with E-state index in [4.69, 9.17) is 14.7 Å². The minimum absolute atomic E-state index is 0.00853. The van der Waals surface area contributed by atoms with E-state index in [2.05, 4.69) is 35.1 Å². The van der Waals surface area contributed by atoms with E-state index in [1.165, 1.54) is 0 Å². The van der Waals surface area contributed by atoms with Crippen molar-refractivity contribution in [1.29, 1.82) is 0 Å². The molecule has 7 nitrogen and oxygen atoms in total. The lowest BCUT2D eigenvalue weighted by atomic mass is 9.87. The number of benzene rings is 1. The number of piperazine rings is 1. The Balaban J connectivity index is 1.31. The molecule has 0 N–H and O–H groups in total. The summed E-state index contributed by atoms with van der Waals surface area (Å²) in [7, 11) is 2.18. The van der Waals surface area contributed by atoms with Gasteiger partial charge in [0, 0.05) is 63.1 Å². The number of aryl methyl sites for hydroxylation is 1. The van der Waals surface area contributed by atoms with Gasteiger partial charge in [0.1, 0.15) is 11.3 Å². The van der Waals surface area contributed by atoms with Gasteiger partial charge in [-0.3, -0.25) is 14.8 Å². The van der Waals surface area contributed by atoms with Crippen LogP contribution in [-0.4, -0.2) is 71.9 Å². The second-order valence-electron chi connectivity index (χ2n) is 9.32. The number of likely N-dealkylation sites (N-methyl/N-ethyl adjacent to an activating group) is 1. The first kappa shape index (κ1) is 23.5. The zero-order valence-corrected chi connectivity index (χ0v) is 20.6. The first-order valence-corrected chi connectivity index (χ1v) is 12.5. The van der Waals surface area contributed by atoms with Gasteiger partial charge in [0.15, 0.2) is 0 Å². The van der Waals surface area contributed by atoms with Crippen molar-refractivity contribution in [3.05, 3.63) is 82.4 Å². The molecule has 0 radical (unpaired) electrons. The van der Waals surface area contributed by atoms with E-state index in [9.17, 15) is 4.79 Å². The molecule has 1 unspecified atom stereocenters. The summed E-state index contributed by atoms with van der Waals surface area (Å²) in [6, 6.07) is 13.6. The summed E-state index contributed by atoms with van der Waals surface area (Å²) in [5.74, 6) is 0.861. The summed E-state index contributed by atoms with van der Waals surface area (Å²) in [6.45, 7) is 8.92. The minimum Gasteiger partial charge on any atom is -0.494 e. The molecule has 1 saturated heterocycles. The molecular weight excluding hydrogens is 438 g/mol. The first-order chi connectivity index (χ1) is 17.1. The summed E-state index contributed by atoms with van der Waals surface area (Å²) in [5.41, 5.74) is 1.97. The van der Waals surface area contributed by atoms with Gasteiger partial charge in [-0.25, -0.2) is 0 Å². The van der Waals surface area contributed by atoms with E-state index < -0.39 is 5.54 Å². The average molecular weight is 472 g/mol. The zero-order chi connectivity index (χ0) is 24.3. The van der Waals surface area contributed by atoms with E-state index in [1.807, 2.05) is 49.7 Å². The van der Waals surface area contributed by atoms with E-state index >= 15 is 0 Å². The summed E-state index contributed by atoms with van der Waals surface area (Å²) < 4.78 is 7.80. The Hall–Kier alpha value is -3.29. The number of hydrogen-bond acceptors (Lipinski definition) is 6. The molecule has 4 heterocycles. The van der Waals surface area contributed by atoms with E-state index in [-0.39, 0.29) is 5.56 Å². The maximum absolute atomic E-state index is 12.4. The van der Waals surface area contributed by atoms with Crippen molar-refractivity contribution >= 4 is 17.1 Å². The van der Waals surface area contributed by atoms with Gasteiger partial charge in [-0.2, -0.15) is 0 Å². The van der Waals surface area contributed by atoms with Crippen LogP contribution in [-0.2, 0) is 12.1 Å². The molecule has 1 aromatic carbocycles. The number of pyridine rings is 2. The van der Waals surface area contributed by atoms with Crippen LogP contribution in [0, 0.1) is 0 Å². The summed E-state index contributed by atoms with van der Waals surface area (Å²) in [6.07, 6.45) is 8.67. The molecule has 0 aliphatic carbocycles. The van der Waals surface area contributed by atoms with Crippen LogP contribution in [0.15, 0.2) is 70.6 Å². The summed E-state index contributed by atoms with van der Waals surface area (Å²) in [5, 5.41) is 0.941. The first-order valence-electron chi connectivity index (χ1n) is 12.5. The SMILES string of the molecule is CCn1c(=O)ccc2cnc(C3(c4ccc(OCCCN5CCN(C)CC5)cc4)C=CC=N3)cc21. The topological polar surface area (TPSA) is 63.0 Å². The van der Waals surface area contributed by atoms with Crippen molar-refractivity contribution < 1.29 is 4.74 Å². The highest BCUT2D eigenvalue weighted by molar-refractivity contribution is 5.81. The number of allylic oxidation sites excluding steroid dienone is 1. The average Bonchev–Trinajstić information content (AvgIpc) is 3.39. The van der Waals surface area contributed by atoms with E-state index in [0.717, 1.165) is 67.1 Å². The van der Waals surface area contributed by atoms with E-state index in [1.54, 1.807) is 10.6 Å². The number of ether oxygens (including phenoxy) is 1. The fraction of sp³-hybridized carbons (Fsp3) is 0.393. The molecule has 35 heavy (non-hydrogen) atoms. The van der Waals surface area contributed by atoms with Crippen molar-refractivity contribution in [2.75, 3.05) is 46.4 Å². The van der Waals surface area contributed by atoms with Crippen LogP contribution in [0.25, 0.3) is 10.9 Å². The smallest absolute Gasteiger partial charge is 0.251 e. The number of aliphatic imine (C=N–C) groups is 1. The number of hydrogen-bond donors (Lipinski definition) is 0. The zero-order valence-electron chi connectivity index (χ0n) is 20.6. The maximum atomic E-state index is 12.4. The molecule has 1 fully saturated rings. The Morgan fingerprint density at radius 2 is 1.86 bits per heavy atom. The predicted molar refractivity (Wildman–Crippen MR) is 141 cm³/mol. The van der Waals surface area contributed by atoms with Crippen molar-refractivity contribution in [2.24, 2.45) is 4.99 Å². The van der Waals surface area contributed by atoms with Crippen LogP contribution in [0.2, 0.25) is 0 Å². The molecule has 0 amide bonds. The molecular formula is C28H33N5O2. The van der Waals surface area contributed by atoms with Crippen LogP contribution in [0.3, 0.4) is 0 Å². The van der Waals surface area contributed by atoms with Gasteiger partial charge >= 0.3 is 0 Å². The third kappa shape index (κ3) is 4.79. The third-order valence-electron chi connectivity index (χ3n) is 7.06. The number of aromatic nitrogens is 2. The fourth-order valence-corrected chi connectivity index (χ4v) is 4.93. The summed E-state index contributed by atoms with van der Waals surface area (Å²) >= 11 is 0. The van der Waals surface area contributed by atoms with Gasteiger partial charge in [0.05, 0.1) is 17.8 Å². The Labute approximate surface area is 206 Å². The molecule has 0 saturated carbocycles. The predicted octanol–water partition coefficient (Wildman–Crippen LogP) is 3.32. The molecule has 182 valence electrons. The highest BCUT2D eigenvalue weighted by Gasteiger charge is 2.34. The molecule has 1 atom stereocenters. The Morgan fingerprint density at radius 1 is 1.06 bits per heavy atom. The normalized spacial score (nSPS) is 20.6. The van der Waals surface area contributed by atoms with Crippen LogP contribution in [0.1, 0.15) is 24.6 Å².